The van der Waals surface area contributed by atoms with E-state index in [-0.39, 0.29) is 12.0 Å². The average Bonchev–Trinajstić information content (AvgIpc) is 3.21. The first-order valence-corrected chi connectivity index (χ1v) is 9.57. The zero-order valence-electron chi connectivity index (χ0n) is 17.1. The molecular weight excluding hydrogens is 368 g/mol. The van der Waals surface area contributed by atoms with Gasteiger partial charge in [-0.2, -0.15) is 0 Å². The highest BCUT2D eigenvalue weighted by Gasteiger charge is 2.24. The summed E-state index contributed by atoms with van der Waals surface area (Å²) in [5, 5.41) is 1.42. The van der Waals surface area contributed by atoms with Gasteiger partial charge in [0.25, 0.3) is 6.01 Å². The second-order valence-electron chi connectivity index (χ2n) is 7.08. The van der Waals surface area contributed by atoms with E-state index in [4.69, 9.17) is 10.3 Å². The van der Waals surface area contributed by atoms with Gasteiger partial charge in [0.1, 0.15) is 6.29 Å². The van der Waals surface area contributed by atoms with Crippen LogP contribution in [0.2, 0.25) is 0 Å². The molecule has 0 radical (unpaired) electrons. The molecule has 0 bridgehead atoms. The zero-order chi connectivity index (χ0) is 21.0. The van der Waals surface area contributed by atoms with E-state index in [0.717, 1.165) is 17.5 Å². The van der Waals surface area contributed by atoms with E-state index in [1.807, 2.05) is 62.9 Å². The number of hydrazine groups is 1. The fraction of sp³-hybridized carbons (Fsp3) is 0.333. The molecule has 2 N–H and O–H groups in total. The van der Waals surface area contributed by atoms with Gasteiger partial charge >= 0.3 is 0 Å². The van der Waals surface area contributed by atoms with Gasteiger partial charge in [0.05, 0.1) is 17.9 Å². The number of carbonyl (C=O) groups excluding carboxylic acids is 1. The standard InChI is InChI=1S/C21H26N6O2/c1-5-26(18(13-28)14(2)3)21-24-12-19(29-21)16-7-6-8-17(11-16)27(22)20-23-10-9-15(4)25-20/h6-14,18H,5,22H2,1-4H3/t18-/m0/s1. The van der Waals surface area contributed by atoms with Gasteiger partial charge in [-0.25, -0.2) is 25.8 Å². The molecular formula is C21H26N6O2. The number of carbonyl (C=O) groups is 1. The lowest BCUT2D eigenvalue weighted by molar-refractivity contribution is -0.109. The van der Waals surface area contributed by atoms with Crippen molar-refractivity contribution in [2.75, 3.05) is 16.5 Å². The van der Waals surface area contributed by atoms with E-state index in [1.165, 1.54) is 5.01 Å². The Bertz CT molecular complexity index is 971. The van der Waals surface area contributed by atoms with E-state index < -0.39 is 0 Å². The number of anilines is 3. The molecule has 8 nitrogen and oxygen atoms in total. The number of aldehydes is 1. The molecule has 2 heterocycles. The first-order valence-electron chi connectivity index (χ1n) is 9.57. The van der Waals surface area contributed by atoms with E-state index in [0.29, 0.717) is 30.0 Å². The molecule has 0 saturated heterocycles. The highest BCUT2D eigenvalue weighted by atomic mass is 16.4. The highest BCUT2D eigenvalue weighted by Crippen LogP contribution is 2.29. The fourth-order valence-electron chi connectivity index (χ4n) is 3.07. The van der Waals surface area contributed by atoms with Crippen molar-refractivity contribution in [3.05, 3.63) is 48.4 Å². The number of rotatable bonds is 8. The Balaban J connectivity index is 1.89. The van der Waals surface area contributed by atoms with E-state index in [2.05, 4.69) is 15.0 Å². The number of nitrogens with zero attached hydrogens (tertiary/aromatic N) is 5. The van der Waals surface area contributed by atoms with Crippen molar-refractivity contribution < 1.29 is 9.21 Å². The lowest BCUT2D eigenvalue weighted by Gasteiger charge is -2.27. The first kappa shape index (κ1) is 20.5. The second kappa shape index (κ2) is 8.83. The number of nitrogens with two attached hydrogens (primary N) is 1. The summed E-state index contributed by atoms with van der Waals surface area (Å²) < 4.78 is 5.98. The minimum Gasteiger partial charge on any atom is -0.423 e. The SMILES string of the molecule is CCN(c1ncc(-c2cccc(N(N)c3nccc(C)n3)c2)o1)[C@@H](C=O)C(C)C. The van der Waals surface area contributed by atoms with Crippen molar-refractivity contribution >= 4 is 23.9 Å². The van der Waals surface area contributed by atoms with Crippen LogP contribution in [-0.4, -0.2) is 33.8 Å². The lowest BCUT2D eigenvalue weighted by Crippen LogP contribution is -2.40. The molecule has 152 valence electrons. The van der Waals surface area contributed by atoms with Gasteiger partial charge in [0, 0.05) is 24.0 Å². The summed E-state index contributed by atoms with van der Waals surface area (Å²) in [7, 11) is 0. The molecule has 3 aromatic rings. The molecule has 3 rings (SSSR count). The number of oxazole rings is 1. The number of hydrogen-bond donors (Lipinski definition) is 1. The van der Waals surface area contributed by atoms with Crippen LogP contribution in [-0.2, 0) is 4.79 Å². The number of hydrogen-bond acceptors (Lipinski definition) is 8. The number of benzene rings is 1. The van der Waals surface area contributed by atoms with Crippen LogP contribution >= 0.6 is 0 Å². The van der Waals surface area contributed by atoms with Crippen molar-refractivity contribution in [3.63, 3.8) is 0 Å². The van der Waals surface area contributed by atoms with Crippen LogP contribution in [0.5, 0.6) is 0 Å². The summed E-state index contributed by atoms with van der Waals surface area (Å²) in [5.74, 6) is 7.35. The quantitative estimate of drug-likeness (QED) is 0.352. The number of likely N-dealkylation sites (N-methyl/N-ethyl adjacent to an activating group) is 1. The molecule has 0 unspecified atom stereocenters. The molecule has 0 aliphatic rings. The molecule has 1 atom stereocenters. The van der Waals surface area contributed by atoms with Crippen LogP contribution in [0.3, 0.4) is 0 Å². The molecule has 2 aromatic heterocycles. The van der Waals surface area contributed by atoms with Crippen LogP contribution in [0.1, 0.15) is 26.5 Å². The second-order valence-corrected chi connectivity index (χ2v) is 7.08. The third-order valence-electron chi connectivity index (χ3n) is 4.67. The first-order chi connectivity index (χ1) is 13.9. The maximum atomic E-state index is 11.5. The molecule has 0 fully saturated rings. The minimum atomic E-state index is -0.296. The van der Waals surface area contributed by atoms with Gasteiger partial charge in [-0.3, -0.25) is 0 Å². The highest BCUT2D eigenvalue weighted by molar-refractivity contribution is 5.68. The maximum absolute atomic E-state index is 11.5. The Morgan fingerprint density at radius 3 is 2.69 bits per heavy atom. The molecule has 8 heteroatoms. The molecule has 29 heavy (non-hydrogen) atoms. The summed E-state index contributed by atoms with van der Waals surface area (Å²) in [5.41, 5.74) is 2.36. The third-order valence-corrected chi connectivity index (χ3v) is 4.67. The van der Waals surface area contributed by atoms with Crippen molar-refractivity contribution in [1.82, 2.24) is 15.0 Å². The van der Waals surface area contributed by atoms with E-state index in [1.54, 1.807) is 12.4 Å². The summed E-state index contributed by atoms with van der Waals surface area (Å²) in [6.45, 7) is 8.46. The van der Waals surface area contributed by atoms with Crippen molar-refractivity contribution in [1.29, 1.82) is 0 Å². The summed E-state index contributed by atoms with van der Waals surface area (Å²) in [6.07, 6.45) is 4.26. The Morgan fingerprint density at radius 2 is 2.03 bits per heavy atom. The summed E-state index contributed by atoms with van der Waals surface area (Å²) in [6, 6.07) is 9.48. The maximum Gasteiger partial charge on any atom is 0.298 e. The van der Waals surface area contributed by atoms with Crippen LogP contribution in [0, 0.1) is 12.8 Å². The normalized spacial score (nSPS) is 12.1. The number of aryl methyl sites for hydroxylation is 1. The molecule has 0 saturated carbocycles. The average molecular weight is 394 g/mol. The zero-order valence-corrected chi connectivity index (χ0v) is 17.1. The van der Waals surface area contributed by atoms with Gasteiger partial charge in [-0.05, 0) is 38.0 Å². The predicted octanol–water partition coefficient (Wildman–Crippen LogP) is 3.50. The molecule has 0 amide bonds. The molecule has 1 aromatic carbocycles. The van der Waals surface area contributed by atoms with Gasteiger partial charge < -0.3 is 14.1 Å². The Hall–Kier alpha value is -3.26. The minimum absolute atomic E-state index is 0.145. The van der Waals surface area contributed by atoms with E-state index >= 15 is 0 Å². The van der Waals surface area contributed by atoms with Crippen molar-refractivity contribution in [3.8, 4) is 11.3 Å². The predicted molar refractivity (Wildman–Crippen MR) is 113 cm³/mol. The van der Waals surface area contributed by atoms with Crippen molar-refractivity contribution in [2.24, 2.45) is 11.8 Å². The monoisotopic (exact) mass is 394 g/mol. The topological polar surface area (TPSA) is 101 Å². The van der Waals surface area contributed by atoms with Gasteiger partial charge in [-0.1, -0.05) is 26.0 Å². The lowest BCUT2D eigenvalue weighted by atomic mass is 10.0. The van der Waals surface area contributed by atoms with Crippen LogP contribution in [0.15, 0.2) is 47.1 Å². The largest absolute Gasteiger partial charge is 0.423 e. The third kappa shape index (κ3) is 4.43. The fourth-order valence-corrected chi connectivity index (χ4v) is 3.07. The van der Waals surface area contributed by atoms with Crippen LogP contribution in [0.4, 0.5) is 17.7 Å². The Labute approximate surface area is 170 Å². The molecule has 0 aliphatic carbocycles. The van der Waals surface area contributed by atoms with Gasteiger partial charge in [-0.15, -0.1) is 0 Å². The van der Waals surface area contributed by atoms with Crippen LogP contribution in [0.25, 0.3) is 11.3 Å². The van der Waals surface area contributed by atoms with Gasteiger partial charge in [0.2, 0.25) is 5.95 Å². The van der Waals surface area contributed by atoms with Crippen molar-refractivity contribution in [2.45, 2.75) is 33.7 Å². The Kier molecular flexibility index (Phi) is 6.23. The summed E-state index contributed by atoms with van der Waals surface area (Å²) in [4.78, 5) is 26.4. The van der Waals surface area contributed by atoms with Gasteiger partial charge in [0.15, 0.2) is 5.76 Å². The number of aromatic nitrogens is 3. The summed E-state index contributed by atoms with van der Waals surface area (Å²) >= 11 is 0. The van der Waals surface area contributed by atoms with E-state index in [9.17, 15) is 4.79 Å². The smallest absolute Gasteiger partial charge is 0.298 e. The van der Waals surface area contributed by atoms with Crippen LogP contribution < -0.4 is 15.8 Å². The molecule has 0 aliphatic heterocycles. The molecule has 0 spiro atoms. The Morgan fingerprint density at radius 1 is 1.24 bits per heavy atom.